The van der Waals surface area contributed by atoms with Gasteiger partial charge < -0.3 is 5.11 Å². The number of rotatable bonds is 3. The van der Waals surface area contributed by atoms with E-state index >= 15 is 0 Å². The van der Waals surface area contributed by atoms with Crippen molar-refractivity contribution < 1.29 is 23.5 Å². The molecule has 3 aromatic rings. The summed E-state index contributed by atoms with van der Waals surface area (Å²) in [5.41, 5.74) is 2.85. The van der Waals surface area contributed by atoms with Gasteiger partial charge in [-0.25, -0.2) is 8.78 Å². The second kappa shape index (κ2) is 7.74. The Bertz CT molecular complexity index is 1260. The van der Waals surface area contributed by atoms with Crippen molar-refractivity contribution in [2.24, 2.45) is 0 Å². The molecule has 0 saturated carbocycles. The molecule has 31 heavy (non-hydrogen) atoms. The zero-order valence-corrected chi connectivity index (χ0v) is 17.9. The molecule has 1 atom stereocenters. The van der Waals surface area contributed by atoms with Crippen molar-refractivity contribution >= 4 is 34.5 Å². The summed E-state index contributed by atoms with van der Waals surface area (Å²) in [5.74, 6) is -4.26. The Labute approximate surface area is 182 Å². The Hall–Kier alpha value is -3.32. The summed E-state index contributed by atoms with van der Waals surface area (Å²) in [5, 5.41) is 13.0. The van der Waals surface area contributed by atoms with E-state index in [1.54, 1.807) is 13.0 Å². The summed E-state index contributed by atoms with van der Waals surface area (Å²) in [6.07, 6.45) is 0. The summed E-state index contributed by atoms with van der Waals surface area (Å²) in [7, 11) is 0. The van der Waals surface area contributed by atoms with Gasteiger partial charge in [-0.3, -0.25) is 14.5 Å². The van der Waals surface area contributed by atoms with Crippen LogP contribution < -0.4 is 4.90 Å². The van der Waals surface area contributed by atoms with Crippen LogP contribution in [0.3, 0.4) is 0 Å². The first-order chi connectivity index (χ1) is 14.7. The number of carbonyl (C=O) groups excluding carboxylic acids is 2. The molecule has 1 saturated heterocycles. The molecular formula is C24H19F2NO3S. The highest BCUT2D eigenvalue weighted by Gasteiger charge is 2.48. The highest BCUT2D eigenvalue weighted by Crippen LogP contribution is 2.45. The van der Waals surface area contributed by atoms with Gasteiger partial charge in [-0.15, -0.1) is 11.3 Å². The molecule has 0 aliphatic carbocycles. The number of hydrogen-bond donors (Lipinski definition) is 1. The Kier molecular flexibility index (Phi) is 5.23. The Balaban J connectivity index is 1.99. The molecular weight excluding hydrogens is 420 g/mol. The number of thiophene rings is 1. The lowest BCUT2D eigenvalue weighted by Gasteiger charge is -2.25. The van der Waals surface area contributed by atoms with Gasteiger partial charge in [-0.1, -0.05) is 17.7 Å². The van der Waals surface area contributed by atoms with E-state index in [9.17, 15) is 23.5 Å². The van der Waals surface area contributed by atoms with Crippen molar-refractivity contribution in [1.29, 1.82) is 0 Å². The van der Waals surface area contributed by atoms with Crippen LogP contribution in [0.5, 0.6) is 0 Å². The quantitative estimate of drug-likeness (QED) is 0.329. The summed E-state index contributed by atoms with van der Waals surface area (Å²) in [4.78, 5) is 27.9. The maximum atomic E-state index is 14.0. The number of carbonyl (C=O) groups is 2. The first kappa shape index (κ1) is 20.9. The number of Topliss-reactive ketones (excluding diaryl/α,β-unsaturated/α-hetero) is 1. The Morgan fingerprint density at radius 2 is 1.71 bits per heavy atom. The van der Waals surface area contributed by atoms with Gasteiger partial charge in [0.15, 0.2) is 11.6 Å². The smallest absolute Gasteiger partial charge is 0.300 e. The molecule has 158 valence electrons. The normalized spacial score (nSPS) is 18.1. The van der Waals surface area contributed by atoms with Crippen LogP contribution in [-0.4, -0.2) is 16.8 Å². The molecule has 4 nitrogen and oxygen atoms in total. The molecule has 2 heterocycles. The van der Waals surface area contributed by atoms with Crippen molar-refractivity contribution in [3.63, 3.8) is 0 Å². The number of benzene rings is 2. The van der Waals surface area contributed by atoms with E-state index in [2.05, 4.69) is 0 Å². The fourth-order valence-corrected chi connectivity index (χ4v) is 4.81. The van der Waals surface area contributed by atoms with E-state index < -0.39 is 29.4 Å². The number of ketones is 1. The average Bonchev–Trinajstić information content (AvgIpc) is 3.26. The topological polar surface area (TPSA) is 57.6 Å². The maximum absolute atomic E-state index is 14.0. The van der Waals surface area contributed by atoms with Gasteiger partial charge in [0.1, 0.15) is 11.8 Å². The molecule has 4 rings (SSSR count). The predicted molar refractivity (Wildman–Crippen MR) is 116 cm³/mol. The fourth-order valence-electron chi connectivity index (χ4n) is 3.78. The molecule has 2 aromatic carbocycles. The summed E-state index contributed by atoms with van der Waals surface area (Å²) >= 11 is 1.32. The van der Waals surface area contributed by atoms with Crippen LogP contribution in [0.1, 0.15) is 33.2 Å². The van der Waals surface area contributed by atoms with Crippen LogP contribution in [0, 0.1) is 32.4 Å². The highest BCUT2D eigenvalue weighted by atomic mass is 32.1. The van der Waals surface area contributed by atoms with Gasteiger partial charge in [0.05, 0.1) is 5.57 Å². The minimum atomic E-state index is -1.13. The molecule has 0 bridgehead atoms. The number of amides is 1. The lowest BCUT2D eigenvalue weighted by atomic mass is 9.95. The standard InChI is InChI=1S/C24H19F2NO3S/c1-12-4-5-13(2)16(10-12)21(28)19-20(23-14(3)8-9-31-23)27(24(30)22(19)29)15-6-7-17(25)18(26)11-15/h4-11,20,28H,1-3H3/b21-19-. The van der Waals surface area contributed by atoms with Crippen LogP contribution in [0.4, 0.5) is 14.5 Å². The third kappa shape index (κ3) is 3.45. The number of aliphatic hydroxyl groups excluding tert-OH is 1. The van der Waals surface area contributed by atoms with Gasteiger partial charge in [0.25, 0.3) is 11.7 Å². The molecule has 1 aromatic heterocycles. The predicted octanol–water partition coefficient (Wildman–Crippen LogP) is 5.58. The van der Waals surface area contributed by atoms with E-state index in [1.165, 1.54) is 17.4 Å². The summed E-state index contributed by atoms with van der Waals surface area (Å²) in [6, 6.07) is 9.37. The number of hydrogen-bond acceptors (Lipinski definition) is 4. The first-order valence-corrected chi connectivity index (χ1v) is 10.5. The van der Waals surface area contributed by atoms with Crippen LogP contribution in [0.25, 0.3) is 5.76 Å². The van der Waals surface area contributed by atoms with E-state index in [0.29, 0.717) is 10.4 Å². The molecule has 1 aliphatic heterocycles. The zero-order chi connectivity index (χ0) is 22.4. The summed E-state index contributed by atoms with van der Waals surface area (Å²) < 4.78 is 27.5. The molecule has 1 unspecified atom stereocenters. The number of halogens is 2. The van der Waals surface area contributed by atoms with Gasteiger partial charge >= 0.3 is 0 Å². The van der Waals surface area contributed by atoms with Crippen molar-refractivity contribution in [2.45, 2.75) is 26.8 Å². The third-order valence-corrected chi connectivity index (χ3v) is 6.50. The molecule has 7 heteroatoms. The minimum Gasteiger partial charge on any atom is -0.507 e. The van der Waals surface area contributed by atoms with Gasteiger partial charge in [-0.05, 0) is 61.5 Å². The zero-order valence-electron chi connectivity index (χ0n) is 17.1. The number of anilines is 1. The second-order valence-corrected chi connectivity index (χ2v) is 8.50. The Morgan fingerprint density at radius 3 is 2.35 bits per heavy atom. The van der Waals surface area contributed by atoms with E-state index in [-0.39, 0.29) is 17.0 Å². The van der Waals surface area contributed by atoms with E-state index in [1.807, 2.05) is 37.4 Å². The second-order valence-electron chi connectivity index (χ2n) is 7.55. The van der Waals surface area contributed by atoms with Crippen molar-refractivity contribution in [3.05, 3.63) is 92.2 Å². The van der Waals surface area contributed by atoms with Crippen molar-refractivity contribution in [3.8, 4) is 0 Å². The third-order valence-electron chi connectivity index (χ3n) is 5.42. The minimum absolute atomic E-state index is 0.0406. The van der Waals surface area contributed by atoms with Gasteiger partial charge in [-0.2, -0.15) is 0 Å². The fraction of sp³-hybridized carbons (Fsp3) is 0.167. The Morgan fingerprint density at radius 1 is 0.968 bits per heavy atom. The number of nitrogens with zero attached hydrogens (tertiary/aromatic N) is 1. The number of aliphatic hydroxyl groups is 1. The highest BCUT2D eigenvalue weighted by molar-refractivity contribution is 7.10. The molecule has 0 spiro atoms. The molecule has 1 aliphatic rings. The molecule has 1 amide bonds. The summed E-state index contributed by atoms with van der Waals surface area (Å²) in [6.45, 7) is 5.48. The largest absolute Gasteiger partial charge is 0.507 e. The van der Waals surface area contributed by atoms with Gasteiger partial charge in [0, 0.05) is 22.2 Å². The lowest BCUT2D eigenvalue weighted by molar-refractivity contribution is -0.132. The lowest BCUT2D eigenvalue weighted by Crippen LogP contribution is -2.29. The van der Waals surface area contributed by atoms with Crippen LogP contribution in [-0.2, 0) is 9.59 Å². The van der Waals surface area contributed by atoms with Crippen molar-refractivity contribution in [2.75, 3.05) is 4.90 Å². The van der Waals surface area contributed by atoms with Crippen LogP contribution in [0.2, 0.25) is 0 Å². The van der Waals surface area contributed by atoms with E-state index in [4.69, 9.17) is 0 Å². The molecule has 1 N–H and O–H groups in total. The molecule has 1 fully saturated rings. The number of aryl methyl sites for hydroxylation is 3. The van der Waals surface area contributed by atoms with Crippen molar-refractivity contribution in [1.82, 2.24) is 0 Å². The maximum Gasteiger partial charge on any atom is 0.300 e. The van der Waals surface area contributed by atoms with Crippen LogP contribution in [0.15, 0.2) is 53.4 Å². The SMILES string of the molecule is Cc1ccc(C)c(/C(O)=C2/C(=O)C(=O)N(c3ccc(F)c(F)c3)C2c2sccc2C)c1. The van der Waals surface area contributed by atoms with E-state index in [0.717, 1.165) is 33.7 Å². The van der Waals surface area contributed by atoms with Crippen LogP contribution >= 0.6 is 11.3 Å². The first-order valence-electron chi connectivity index (χ1n) is 9.58. The average molecular weight is 439 g/mol. The molecule has 0 radical (unpaired) electrons. The monoisotopic (exact) mass is 439 g/mol. The van der Waals surface area contributed by atoms with Gasteiger partial charge in [0.2, 0.25) is 0 Å².